The van der Waals surface area contributed by atoms with E-state index in [4.69, 9.17) is 0 Å². The molecule has 0 saturated heterocycles. The standard InChI is InChI=1S/C13H17NO2S/c1-9(2)17(15,16)8-11-7-14-13-6-10(3)4-5-12(11)13/h4-7,9,14H,8H2,1-3H3. The molecular formula is C13H17NO2S. The molecule has 0 fully saturated rings. The fourth-order valence-corrected chi connectivity index (χ4v) is 2.81. The Balaban J connectivity index is 2.45. The van der Waals surface area contributed by atoms with Crippen LogP contribution in [0.25, 0.3) is 10.9 Å². The summed E-state index contributed by atoms with van der Waals surface area (Å²) in [5.41, 5.74) is 3.02. The molecule has 4 heteroatoms. The van der Waals surface area contributed by atoms with Crippen molar-refractivity contribution in [3.05, 3.63) is 35.5 Å². The summed E-state index contributed by atoms with van der Waals surface area (Å²) in [6.07, 6.45) is 1.80. The summed E-state index contributed by atoms with van der Waals surface area (Å²) in [5.74, 6) is 0.105. The quantitative estimate of drug-likeness (QED) is 0.912. The van der Waals surface area contributed by atoms with Gasteiger partial charge in [-0.15, -0.1) is 0 Å². The molecule has 0 saturated carbocycles. The number of fused-ring (bicyclic) bond motifs is 1. The average Bonchev–Trinajstić information content (AvgIpc) is 2.60. The zero-order chi connectivity index (χ0) is 12.6. The van der Waals surface area contributed by atoms with Crippen molar-refractivity contribution >= 4 is 20.7 Å². The Morgan fingerprint density at radius 2 is 2.00 bits per heavy atom. The molecule has 17 heavy (non-hydrogen) atoms. The minimum absolute atomic E-state index is 0.105. The van der Waals surface area contributed by atoms with Crippen molar-refractivity contribution < 1.29 is 8.42 Å². The van der Waals surface area contributed by atoms with Crippen LogP contribution in [0.1, 0.15) is 25.0 Å². The van der Waals surface area contributed by atoms with E-state index >= 15 is 0 Å². The van der Waals surface area contributed by atoms with Gasteiger partial charge in [-0.2, -0.15) is 0 Å². The van der Waals surface area contributed by atoms with Crippen molar-refractivity contribution in [2.75, 3.05) is 0 Å². The molecule has 0 radical (unpaired) electrons. The zero-order valence-electron chi connectivity index (χ0n) is 10.3. The molecule has 3 nitrogen and oxygen atoms in total. The van der Waals surface area contributed by atoms with Gasteiger partial charge in [0.25, 0.3) is 0 Å². The Labute approximate surface area is 102 Å². The van der Waals surface area contributed by atoms with Crippen molar-refractivity contribution in [2.24, 2.45) is 0 Å². The van der Waals surface area contributed by atoms with Crippen molar-refractivity contribution in [3.63, 3.8) is 0 Å². The molecular weight excluding hydrogens is 234 g/mol. The van der Waals surface area contributed by atoms with Gasteiger partial charge in [0.2, 0.25) is 0 Å². The molecule has 2 aromatic rings. The van der Waals surface area contributed by atoms with Crippen LogP contribution in [-0.2, 0) is 15.6 Å². The summed E-state index contributed by atoms with van der Waals surface area (Å²) in [6.45, 7) is 5.45. The van der Waals surface area contributed by atoms with Crippen molar-refractivity contribution in [3.8, 4) is 0 Å². The largest absolute Gasteiger partial charge is 0.361 e. The van der Waals surface area contributed by atoms with E-state index in [2.05, 4.69) is 4.98 Å². The van der Waals surface area contributed by atoms with E-state index in [1.807, 2.05) is 25.1 Å². The molecule has 0 aliphatic heterocycles. The number of hydrogen-bond acceptors (Lipinski definition) is 2. The lowest BCUT2D eigenvalue weighted by Gasteiger charge is -2.06. The molecule has 2 rings (SSSR count). The zero-order valence-corrected chi connectivity index (χ0v) is 11.1. The molecule has 92 valence electrons. The monoisotopic (exact) mass is 251 g/mol. The van der Waals surface area contributed by atoms with Gasteiger partial charge < -0.3 is 4.98 Å². The summed E-state index contributed by atoms with van der Waals surface area (Å²) in [5, 5.41) is 0.665. The van der Waals surface area contributed by atoms with Crippen LogP contribution in [0.4, 0.5) is 0 Å². The van der Waals surface area contributed by atoms with Gasteiger partial charge in [0.15, 0.2) is 9.84 Å². The number of H-pyrrole nitrogens is 1. The maximum atomic E-state index is 11.9. The number of aromatic nitrogens is 1. The highest BCUT2D eigenvalue weighted by Gasteiger charge is 2.18. The van der Waals surface area contributed by atoms with Crippen LogP contribution in [0.2, 0.25) is 0 Å². The second kappa shape index (κ2) is 4.18. The molecule has 1 aromatic heterocycles. The van der Waals surface area contributed by atoms with Gasteiger partial charge in [-0.05, 0) is 38.0 Å². The van der Waals surface area contributed by atoms with E-state index in [9.17, 15) is 8.42 Å². The highest BCUT2D eigenvalue weighted by atomic mass is 32.2. The van der Waals surface area contributed by atoms with Crippen LogP contribution in [0.15, 0.2) is 24.4 Å². The van der Waals surface area contributed by atoms with E-state index < -0.39 is 9.84 Å². The van der Waals surface area contributed by atoms with E-state index in [0.29, 0.717) is 0 Å². The van der Waals surface area contributed by atoms with Gasteiger partial charge in [0.05, 0.1) is 11.0 Å². The average molecular weight is 251 g/mol. The highest BCUT2D eigenvalue weighted by molar-refractivity contribution is 7.91. The lowest BCUT2D eigenvalue weighted by atomic mass is 10.1. The second-order valence-electron chi connectivity index (χ2n) is 4.72. The van der Waals surface area contributed by atoms with Crippen molar-refractivity contribution in [1.29, 1.82) is 0 Å². The number of sulfone groups is 1. The minimum Gasteiger partial charge on any atom is -0.361 e. The number of aryl methyl sites for hydroxylation is 1. The van der Waals surface area contributed by atoms with E-state index in [1.54, 1.807) is 20.0 Å². The number of aromatic amines is 1. The summed E-state index contributed by atoms with van der Waals surface area (Å²) >= 11 is 0. The molecule has 0 bridgehead atoms. The van der Waals surface area contributed by atoms with Crippen LogP contribution in [-0.4, -0.2) is 18.7 Å². The van der Waals surface area contributed by atoms with E-state index in [1.165, 1.54) is 0 Å². The molecule has 0 aliphatic carbocycles. The topological polar surface area (TPSA) is 49.9 Å². The molecule has 1 N–H and O–H groups in total. The lowest BCUT2D eigenvalue weighted by Crippen LogP contribution is -2.15. The van der Waals surface area contributed by atoms with Gasteiger partial charge >= 0.3 is 0 Å². The van der Waals surface area contributed by atoms with Crippen LogP contribution >= 0.6 is 0 Å². The van der Waals surface area contributed by atoms with Crippen molar-refractivity contribution in [2.45, 2.75) is 31.8 Å². The smallest absolute Gasteiger partial charge is 0.156 e. The number of nitrogens with one attached hydrogen (secondary N) is 1. The van der Waals surface area contributed by atoms with Crippen LogP contribution in [0, 0.1) is 6.92 Å². The third kappa shape index (κ3) is 2.36. The Hall–Kier alpha value is -1.29. The molecule has 0 unspecified atom stereocenters. The Morgan fingerprint density at radius 1 is 1.29 bits per heavy atom. The van der Waals surface area contributed by atoms with Gasteiger partial charge in [-0.3, -0.25) is 0 Å². The third-order valence-corrected chi connectivity index (χ3v) is 5.15. The molecule has 1 heterocycles. The van der Waals surface area contributed by atoms with Crippen LogP contribution in [0.5, 0.6) is 0 Å². The first kappa shape index (κ1) is 12.2. The summed E-state index contributed by atoms with van der Waals surface area (Å²) in [7, 11) is -3.04. The summed E-state index contributed by atoms with van der Waals surface area (Å²) < 4.78 is 23.8. The first-order valence-corrected chi connectivity index (χ1v) is 7.40. The van der Waals surface area contributed by atoms with Gasteiger partial charge in [0.1, 0.15) is 0 Å². The highest BCUT2D eigenvalue weighted by Crippen LogP contribution is 2.22. The fraction of sp³-hybridized carbons (Fsp3) is 0.385. The molecule has 0 aliphatic rings. The predicted molar refractivity (Wildman–Crippen MR) is 70.8 cm³/mol. The van der Waals surface area contributed by atoms with Crippen molar-refractivity contribution in [1.82, 2.24) is 4.98 Å². The number of benzene rings is 1. The number of hydrogen-bond donors (Lipinski definition) is 1. The fourth-order valence-electron chi connectivity index (χ4n) is 1.80. The second-order valence-corrected chi connectivity index (χ2v) is 7.28. The Bertz CT molecular complexity index is 638. The molecule has 0 spiro atoms. The molecule has 0 amide bonds. The minimum atomic E-state index is -3.04. The summed E-state index contributed by atoms with van der Waals surface area (Å²) in [4.78, 5) is 3.13. The molecule has 0 atom stereocenters. The molecule has 1 aromatic carbocycles. The summed E-state index contributed by atoms with van der Waals surface area (Å²) in [6, 6.07) is 6.01. The Kier molecular flexibility index (Phi) is 3.00. The normalized spacial score (nSPS) is 12.5. The van der Waals surface area contributed by atoms with Gasteiger partial charge in [-0.25, -0.2) is 8.42 Å². The third-order valence-electron chi connectivity index (χ3n) is 3.00. The van der Waals surface area contributed by atoms with Gasteiger partial charge in [0, 0.05) is 17.1 Å². The predicted octanol–water partition coefficient (Wildman–Crippen LogP) is 2.80. The van der Waals surface area contributed by atoms with Crippen LogP contribution in [0.3, 0.4) is 0 Å². The maximum Gasteiger partial charge on any atom is 0.156 e. The lowest BCUT2D eigenvalue weighted by molar-refractivity contribution is 0.586. The van der Waals surface area contributed by atoms with Gasteiger partial charge in [-0.1, -0.05) is 12.1 Å². The van der Waals surface area contributed by atoms with E-state index in [-0.39, 0.29) is 11.0 Å². The van der Waals surface area contributed by atoms with Crippen LogP contribution < -0.4 is 0 Å². The Morgan fingerprint density at radius 3 is 2.65 bits per heavy atom. The number of rotatable bonds is 3. The first-order chi connectivity index (χ1) is 7.90. The van der Waals surface area contributed by atoms with E-state index in [0.717, 1.165) is 22.0 Å². The SMILES string of the molecule is Cc1ccc2c(CS(=O)(=O)C(C)C)c[nH]c2c1. The maximum absolute atomic E-state index is 11.9. The first-order valence-electron chi connectivity index (χ1n) is 5.68.